The van der Waals surface area contributed by atoms with Crippen LogP contribution in [-0.2, 0) is 6.54 Å². The van der Waals surface area contributed by atoms with Crippen molar-refractivity contribution in [1.82, 2.24) is 10.2 Å². The van der Waals surface area contributed by atoms with Gasteiger partial charge in [-0.3, -0.25) is 4.79 Å². The van der Waals surface area contributed by atoms with Gasteiger partial charge in [-0.25, -0.2) is 0 Å². The van der Waals surface area contributed by atoms with Gasteiger partial charge in [0.25, 0.3) is 5.91 Å². The van der Waals surface area contributed by atoms with Crippen molar-refractivity contribution >= 4 is 11.6 Å². The van der Waals surface area contributed by atoms with E-state index in [2.05, 4.69) is 34.3 Å². The van der Waals surface area contributed by atoms with Gasteiger partial charge in [0.2, 0.25) is 5.75 Å². The standard InChI is InChI=1S/C25H35N3O4/c1-5-30-22-16-20(17-23(31-6-2)24(22)32-7-3)25(29)26-18-19-10-8-9-11-21(19)28-14-12-27(4)13-15-28/h8-11,16-17H,5-7,12-15,18H2,1-4H3,(H,26,29). The first-order valence-electron chi connectivity index (χ1n) is 11.4. The molecule has 0 radical (unpaired) electrons. The highest BCUT2D eigenvalue weighted by Gasteiger charge is 2.20. The quantitative estimate of drug-likeness (QED) is 0.608. The van der Waals surface area contributed by atoms with Crippen LogP contribution in [0.1, 0.15) is 36.7 Å². The number of carbonyl (C=O) groups is 1. The molecule has 0 aromatic heterocycles. The zero-order valence-corrected chi connectivity index (χ0v) is 19.6. The Kier molecular flexibility index (Phi) is 8.62. The van der Waals surface area contributed by atoms with Gasteiger partial charge >= 0.3 is 0 Å². The summed E-state index contributed by atoms with van der Waals surface area (Å²) in [6.07, 6.45) is 0. The van der Waals surface area contributed by atoms with Gasteiger partial charge in [-0.2, -0.15) is 0 Å². The Labute approximate surface area is 191 Å². The minimum absolute atomic E-state index is 0.178. The number of hydrogen-bond donors (Lipinski definition) is 1. The monoisotopic (exact) mass is 441 g/mol. The molecule has 2 aromatic carbocycles. The Morgan fingerprint density at radius 3 is 2.09 bits per heavy atom. The molecule has 1 N–H and O–H groups in total. The van der Waals surface area contributed by atoms with Gasteiger partial charge in [-0.15, -0.1) is 0 Å². The number of piperazine rings is 1. The lowest BCUT2D eigenvalue weighted by Crippen LogP contribution is -2.45. The average molecular weight is 442 g/mol. The molecule has 7 heteroatoms. The maximum absolute atomic E-state index is 13.0. The van der Waals surface area contributed by atoms with Crippen LogP contribution in [0, 0.1) is 0 Å². The number of likely N-dealkylation sites (N-methyl/N-ethyl adjacent to an activating group) is 1. The second kappa shape index (κ2) is 11.6. The highest BCUT2D eigenvalue weighted by Crippen LogP contribution is 2.39. The maximum Gasteiger partial charge on any atom is 0.251 e. The minimum atomic E-state index is -0.178. The molecule has 0 bridgehead atoms. The summed E-state index contributed by atoms with van der Waals surface area (Å²) in [5.41, 5.74) is 2.77. The predicted octanol–water partition coefficient (Wildman–Crippen LogP) is 3.56. The van der Waals surface area contributed by atoms with Crippen molar-refractivity contribution in [3.05, 3.63) is 47.5 Å². The molecule has 174 valence electrons. The molecule has 1 aliphatic rings. The lowest BCUT2D eigenvalue weighted by molar-refractivity contribution is 0.0950. The highest BCUT2D eigenvalue weighted by molar-refractivity contribution is 5.95. The van der Waals surface area contributed by atoms with Gasteiger partial charge < -0.3 is 29.3 Å². The van der Waals surface area contributed by atoms with Crippen molar-refractivity contribution < 1.29 is 19.0 Å². The normalized spacial score (nSPS) is 14.2. The van der Waals surface area contributed by atoms with Gasteiger partial charge in [-0.1, -0.05) is 18.2 Å². The summed E-state index contributed by atoms with van der Waals surface area (Å²) in [7, 11) is 2.15. The van der Waals surface area contributed by atoms with E-state index >= 15 is 0 Å². The third-order valence-corrected chi connectivity index (χ3v) is 5.45. The molecule has 0 saturated carbocycles. The molecule has 1 heterocycles. The van der Waals surface area contributed by atoms with Crippen molar-refractivity contribution in [2.24, 2.45) is 0 Å². The molecule has 7 nitrogen and oxygen atoms in total. The summed E-state index contributed by atoms with van der Waals surface area (Å²) in [5, 5.41) is 3.07. The van der Waals surface area contributed by atoms with Crippen LogP contribution in [0.5, 0.6) is 17.2 Å². The SMILES string of the molecule is CCOc1cc(C(=O)NCc2ccccc2N2CCN(C)CC2)cc(OCC)c1OCC. The molecule has 1 aliphatic heterocycles. The van der Waals surface area contributed by atoms with Crippen molar-refractivity contribution in [2.75, 3.05) is 57.9 Å². The van der Waals surface area contributed by atoms with E-state index in [0.717, 1.165) is 31.7 Å². The average Bonchev–Trinajstić information content (AvgIpc) is 2.80. The number of hydrogen-bond acceptors (Lipinski definition) is 6. The van der Waals surface area contributed by atoms with E-state index in [1.54, 1.807) is 12.1 Å². The Morgan fingerprint density at radius 2 is 1.50 bits per heavy atom. The smallest absolute Gasteiger partial charge is 0.251 e. The van der Waals surface area contributed by atoms with Crippen LogP contribution >= 0.6 is 0 Å². The Hall–Kier alpha value is -2.93. The number of carbonyl (C=O) groups excluding carboxylic acids is 1. The van der Waals surface area contributed by atoms with E-state index in [1.807, 2.05) is 32.9 Å². The van der Waals surface area contributed by atoms with E-state index in [0.29, 0.717) is 49.2 Å². The van der Waals surface area contributed by atoms with Crippen LogP contribution in [0.4, 0.5) is 5.69 Å². The van der Waals surface area contributed by atoms with E-state index in [4.69, 9.17) is 14.2 Å². The summed E-state index contributed by atoms with van der Waals surface area (Å²) < 4.78 is 17.2. The highest BCUT2D eigenvalue weighted by atomic mass is 16.5. The number of ether oxygens (including phenoxy) is 3. The molecule has 1 fully saturated rings. The molecule has 32 heavy (non-hydrogen) atoms. The number of rotatable bonds is 10. The molecular weight excluding hydrogens is 406 g/mol. The van der Waals surface area contributed by atoms with E-state index < -0.39 is 0 Å². The van der Waals surface area contributed by atoms with Gasteiger partial charge in [0.15, 0.2) is 11.5 Å². The number of anilines is 1. The first-order valence-corrected chi connectivity index (χ1v) is 11.4. The van der Waals surface area contributed by atoms with E-state index in [-0.39, 0.29) is 5.91 Å². The van der Waals surface area contributed by atoms with Gasteiger partial charge in [0.05, 0.1) is 19.8 Å². The first kappa shape index (κ1) is 23.7. The molecule has 0 unspecified atom stereocenters. The van der Waals surface area contributed by atoms with Crippen LogP contribution < -0.4 is 24.4 Å². The summed E-state index contributed by atoms with van der Waals surface area (Å²) >= 11 is 0. The van der Waals surface area contributed by atoms with Crippen LogP contribution in [-0.4, -0.2) is 63.9 Å². The van der Waals surface area contributed by atoms with Crippen LogP contribution in [0.2, 0.25) is 0 Å². The fourth-order valence-electron chi connectivity index (χ4n) is 3.81. The molecule has 0 spiro atoms. The zero-order chi connectivity index (χ0) is 22.9. The van der Waals surface area contributed by atoms with Crippen molar-refractivity contribution in [1.29, 1.82) is 0 Å². The lowest BCUT2D eigenvalue weighted by atomic mass is 10.1. The molecule has 1 saturated heterocycles. The molecule has 2 aromatic rings. The number of amides is 1. The molecule has 1 amide bonds. The summed E-state index contributed by atoms with van der Waals surface area (Å²) in [5.74, 6) is 1.39. The summed E-state index contributed by atoms with van der Waals surface area (Å²) in [4.78, 5) is 17.8. The zero-order valence-electron chi connectivity index (χ0n) is 19.6. The third-order valence-electron chi connectivity index (χ3n) is 5.45. The number of para-hydroxylation sites is 1. The Balaban J connectivity index is 1.78. The Morgan fingerprint density at radius 1 is 0.906 bits per heavy atom. The largest absolute Gasteiger partial charge is 0.490 e. The summed E-state index contributed by atoms with van der Waals surface area (Å²) in [6.45, 7) is 11.6. The van der Waals surface area contributed by atoms with Gasteiger partial charge in [-0.05, 0) is 51.6 Å². The van der Waals surface area contributed by atoms with Crippen LogP contribution in [0.25, 0.3) is 0 Å². The van der Waals surface area contributed by atoms with E-state index in [1.165, 1.54) is 5.69 Å². The number of nitrogens with zero attached hydrogens (tertiary/aromatic N) is 2. The van der Waals surface area contributed by atoms with Crippen LogP contribution in [0.15, 0.2) is 36.4 Å². The fraction of sp³-hybridized carbons (Fsp3) is 0.480. The van der Waals surface area contributed by atoms with E-state index in [9.17, 15) is 4.79 Å². The summed E-state index contributed by atoms with van der Waals surface area (Å²) in [6, 6.07) is 11.7. The van der Waals surface area contributed by atoms with Crippen LogP contribution in [0.3, 0.4) is 0 Å². The third kappa shape index (κ3) is 5.85. The second-order valence-corrected chi connectivity index (χ2v) is 7.70. The van der Waals surface area contributed by atoms with Crippen molar-refractivity contribution in [3.63, 3.8) is 0 Å². The van der Waals surface area contributed by atoms with Crippen molar-refractivity contribution in [3.8, 4) is 17.2 Å². The minimum Gasteiger partial charge on any atom is -0.490 e. The molecule has 0 aliphatic carbocycles. The first-order chi connectivity index (χ1) is 15.6. The predicted molar refractivity (Wildman–Crippen MR) is 127 cm³/mol. The van der Waals surface area contributed by atoms with Gasteiger partial charge in [0, 0.05) is 44.0 Å². The molecular formula is C25H35N3O4. The second-order valence-electron chi connectivity index (χ2n) is 7.70. The van der Waals surface area contributed by atoms with Crippen molar-refractivity contribution in [2.45, 2.75) is 27.3 Å². The lowest BCUT2D eigenvalue weighted by Gasteiger charge is -2.35. The van der Waals surface area contributed by atoms with Gasteiger partial charge in [0.1, 0.15) is 0 Å². The topological polar surface area (TPSA) is 63.3 Å². The molecule has 0 atom stereocenters. The molecule has 3 rings (SSSR count). The maximum atomic E-state index is 13.0. The number of nitrogens with one attached hydrogen (secondary N) is 1. The fourth-order valence-corrected chi connectivity index (χ4v) is 3.81. The number of benzene rings is 2. The Bertz CT molecular complexity index is 868.